The highest BCUT2D eigenvalue weighted by Gasteiger charge is 2.07. The molecule has 0 spiro atoms. The molecule has 1 N–H and O–H groups in total. The number of aliphatic hydroxyl groups is 1. The monoisotopic (exact) mass is 351 g/mol. The van der Waals surface area contributed by atoms with Crippen molar-refractivity contribution in [1.29, 1.82) is 0 Å². The first-order chi connectivity index (χ1) is 14.7. The van der Waals surface area contributed by atoms with Gasteiger partial charge in [0.2, 0.25) is 0 Å². The van der Waals surface area contributed by atoms with E-state index in [2.05, 4.69) is 0 Å². The third-order valence-electron chi connectivity index (χ3n) is 3.53. The molecule has 0 saturated carbocycles. The van der Waals surface area contributed by atoms with Crippen molar-refractivity contribution in [3.63, 3.8) is 0 Å². The second-order valence-corrected chi connectivity index (χ2v) is 5.54. The van der Waals surface area contributed by atoms with Gasteiger partial charge in [0.1, 0.15) is 12.4 Å². The van der Waals surface area contributed by atoms with E-state index < -0.39 is 32.3 Å². The fourth-order valence-corrected chi connectivity index (χ4v) is 2.25. The zero-order valence-electron chi connectivity index (χ0n) is 21.4. The van der Waals surface area contributed by atoms with Crippen molar-refractivity contribution in [2.24, 2.45) is 0 Å². The molecule has 4 nitrogen and oxygen atoms in total. The van der Waals surface area contributed by atoms with E-state index in [-0.39, 0.29) is 24.5 Å². The maximum absolute atomic E-state index is 10.3. The minimum atomic E-state index is -2.70. The molecular weight excluding hydrogens is 316 g/mol. The van der Waals surface area contributed by atoms with Gasteiger partial charge in [-0.3, -0.25) is 0 Å². The molecule has 1 atom stereocenters. The molecule has 136 valence electrons. The Kier molecular flexibility index (Phi) is 4.54. The number of ether oxygens (including phenoxy) is 3. The summed E-state index contributed by atoms with van der Waals surface area (Å²) < 4.78 is 70.1. The number of hydrogen-bond acceptors (Lipinski definition) is 4. The Balaban J connectivity index is 2.06. The fraction of sp³-hybridized carbons (Fsp3) is 0.429. The fourth-order valence-electron chi connectivity index (χ4n) is 2.25. The topological polar surface area (TPSA) is 47.9 Å². The third kappa shape index (κ3) is 6.31. The lowest BCUT2D eigenvalue weighted by Gasteiger charge is -2.13. The van der Waals surface area contributed by atoms with Crippen molar-refractivity contribution < 1.29 is 28.9 Å². The third-order valence-corrected chi connectivity index (χ3v) is 3.53. The largest absolute Gasteiger partial charge is 0.493 e. The molecule has 25 heavy (non-hydrogen) atoms. The summed E-state index contributed by atoms with van der Waals surface area (Å²) in [6.07, 6.45) is -6.68. The maximum Gasteiger partial charge on any atom is 0.160 e. The Labute approximate surface area is 160 Å². The van der Waals surface area contributed by atoms with Gasteiger partial charge >= 0.3 is 0 Å². The summed E-state index contributed by atoms with van der Waals surface area (Å²) in [7, 11) is -1.35. The molecule has 0 fully saturated rings. The number of aliphatic hydroxyl groups excluding tert-OH is 1. The predicted octanol–water partition coefficient (Wildman–Crippen LogP) is 4.16. The van der Waals surface area contributed by atoms with Gasteiger partial charge in [-0.25, -0.2) is 0 Å². The SMILES string of the molecule is [2H]C([2H])(Cc1ccc(OC)c(OC([2H])([2H])[2H])c1)CC([2H])([2H])C(O)COc1cccc(C)c1. The van der Waals surface area contributed by atoms with Gasteiger partial charge in [0.25, 0.3) is 0 Å². The number of hydrogen-bond donors (Lipinski definition) is 1. The van der Waals surface area contributed by atoms with Crippen LogP contribution in [-0.4, -0.2) is 32.0 Å². The van der Waals surface area contributed by atoms with Crippen molar-refractivity contribution in [1.82, 2.24) is 0 Å². The summed E-state index contributed by atoms with van der Waals surface area (Å²) in [5.41, 5.74) is 1.36. The Hall–Kier alpha value is -2.20. The smallest absolute Gasteiger partial charge is 0.160 e. The van der Waals surface area contributed by atoms with Crippen LogP contribution in [0.1, 0.15) is 39.9 Å². The van der Waals surface area contributed by atoms with Gasteiger partial charge in [-0.05, 0) is 61.5 Å². The van der Waals surface area contributed by atoms with Crippen LogP contribution < -0.4 is 14.2 Å². The molecule has 2 aromatic carbocycles. The summed E-state index contributed by atoms with van der Waals surface area (Å²) in [4.78, 5) is 0. The molecule has 2 rings (SSSR count). The van der Waals surface area contributed by atoms with Crippen molar-refractivity contribution in [2.75, 3.05) is 20.8 Å². The highest BCUT2D eigenvalue weighted by molar-refractivity contribution is 5.42. The average molecular weight is 351 g/mol. The molecule has 0 bridgehead atoms. The van der Waals surface area contributed by atoms with E-state index in [1.165, 1.54) is 19.2 Å². The van der Waals surface area contributed by atoms with E-state index in [1.54, 1.807) is 24.3 Å². The van der Waals surface area contributed by atoms with E-state index in [1.807, 2.05) is 13.0 Å². The molecule has 1 unspecified atom stereocenters. The molecule has 0 aliphatic rings. The molecule has 4 heteroatoms. The van der Waals surface area contributed by atoms with E-state index >= 15 is 0 Å². The second-order valence-electron chi connectivity index (χ2n) is 5.54. The standard InChI is InChI=1S/C21H28O4/c1-16-7-6-10-19(13-16)25-15-18(22)9-5-4-8-17-11-12-20(23-2)21(14-17)24-3/h6-7,10-14,18,22H,4-5,8-9,15H2,1-3H3/i3D3,4D2,9D2. The van der Waals surface area contributed by atoms with E-state index in [0.29, 0.717) is 11.3 Å². The lowest BCUT2D eigenvalue weighted by molar-refractivity contribution is 0.0976. The summed E-state index contributed by atoms with van der Waals surface area (Å²) in [6.45, 7) is 1.55. The maximum atomic E-state index is 10.3. The van der Waals surface area contributed by atoms with Crippen LogP contribution in [0, 0.1) is 6.92 Å². The summed E-state index contributed by atoms with van der Waals surface area (Å²) >= 11 is 0. The van der Waals surface area contributed by atoms with Crippen molar-refractivity contribution in [2.45, 2.75) is 38.6 Å². The number of aryl methyl sites for hydroxylation is 2. The first-order valence-electron chi connectivity index (χ1n) is 11.4. The lowest BCUT2D eigenvalue weighted by Crippen LogP contribution is -2.17. The van der Waals surface area contributed by atoms with Crippen LogP contribution in [0.15, 0.2) is 42.5 Å². The van der Waals surface area contributed by atoms with E-state index in [4.69, 9.17) is 23.8 Å². The van der Waals surface area contributed by atoms with Crippen LogP contribution in [0.3, 0.4) is 0 Å². The van der Waals surface area contributed by atoms with Crippen molar-refractivity contribution in [3.05, 3.63) is 53.6 Å². The molecule has 0 aliphatic carbocycles. The van der Waals surface area contributed by atoms with Crippen molar-refractivity contribution >= 4 is 0 Å². The average Bonchev–Trinajstić information content (AvgIpc) is 2.64. The van der Waals surface area contributed by atoms with E-state index in [9.17, 15) is 5.11 Å². The van der Waals surface area contributed by atoms with Gasteiger partial charge in [-0.15, -0.1) is 0 Å². The Morgan fingerprint density at radius 1 is 1.16 bits per heavy atom. The zero-order valence-corrected chi connectivity index (χ0v) is 14.4. The molecule has 0 saturated heterocycles. The van der Waals surface area contributed by atoms with Crippen LogP contribution in [0.25, 0.3) is 0 Å². The second kappa shape index (κ2) is 9.94. The highest BCUT2D eigenvalue weighted by Crippen LogP contribution is 2.28. The van der Waals surface area contributed by atoms with Gasteiger partial charge in [0.15, 0.2) is 11.5 Å². The van der Waals surface area contributed by atoms with Crippen LogP contribution in [0.2, 0.25) is 0 Å². The first-order valence-corrected chi connectivity index (χ1v) is 7.94. The molecule has 0 aliphatic heterocycles. The van der Waals surface area contributed by atoms with Crippen molar-refractivity contribution in [3.8, 4) is 17.2 Å². The molecule has 0 heterocycles. The summed E-state index contributed by atoms with van der Waals surface area (Å²) in [5.74, 6) is 0.614. The Morgan fingerprint density at radius 2 is 2.04 bits per heavy atom. The van der Waals surface area contributed by atoms with Crippen LogP contribution in [-0.2, 0) is 6.42 Å². The number of rotatable bonds is 10. The normalized spacial score (nSPS) is 17.6. The molecule has 0 aromatic heterocycles. The summed E-state index contributed by atoms with van der Waals surface area (Å²) in [5, 5.41) is 10.3. The molecule has 2 aromatic rings. The lowest BCUT2D eigenvalue weighted by atomic mass is 10.0. The van der Waals surface area contributed by atoms with Crippen LogP contribution in [0.5, 0.6) is 17.2 Å². The minimum absolute atomic E-state index is 0.0598. The van der Waals surface area contributed by atoms with Gasteiger partial charge in [0, 0.05) is 5.48 Å². The highest BCUT2D eigenvalue weighted by atomic mass is 16.5. The predicted molar refractivity (Wildman–Crippen MR) is 99.8 cm³/mol. The molecule has 0 radical (unpaired) electrons. The Morgan fingerprint density at radius 3 is 2.80 bits per heavy atom. The van der Waals surface area contributed by atoms with Crippen LogP contribution in [0.4, 0.5) is 0 Å². The summed E-state index contributed by atoms with van der Waals surface area (Å²) in [6, 6.07) is 11.5. The zero-order chi connectivity index (χ0) is 24.2. The van der Waals surface area contributed by atoms with Gasteiger partial charge in [-0.1, -0.05) is 24.6 Å². The number of methoxy groups -OCH3 is 2. The van der Waals surface area contributed by atoms with E-state index in [0.717, 1.165) is 5.56 Å². The quantitative estimate of drug-likeness (QED) is 0.698. The van der Waals surface area contributed by atoms with Gasteiger partial charge in [0.05, 0.1) is 24.4 Å². The first kappa shape index (κ1) is 11.4. The van der Waals surface area contributed by atoms with Gasteiger partial charge in [-0.2, -0.15) is 0 Å². The molecule has 0 amide bonds. The van der Waals surface area contributed by atoms with Gasteiger partial charge < -0.3 is 19.3 Å². The minimum Gasteiger partial charge on any atom is -0.493 e. The number of benzene rings is 2. The Bertz CT molecular complexity index is 900. The van der Waals surface area contributed by atoms with Crippen LogP contribution >= 0.6 is 0 Å². The molecular formula is C21H28O4.